The average molecular weight is 500 g/mol. The van der Waals surface area contributed by atoms with Gasteiger partial charge >= 0.3 is 0 Å². The summed E-state index contributed by atoms with van der Waals surface area (Å²) in [5.41, 5.74) is 4.00. The van der Waals surface area contributed by atoms with E-state index in [4.69, 9.17) is 9.97 Å². The first-order chi connectivity index (χ1) is 18.0. The fourth-order valence-corrected chi connectivity index (χ4v) is 4.05. The number of amides is 2. The summed E-state index contributed by atoms with van der Waals surface area (Å²) >= 11 is 0. The molecule has 0 saturated heterocycles. The van der Waals surface area contributed by atoms with Crippen LogP contribution in [0.25, 0.3) is 22.3 Å². The lowest BCUT2D eigenvalue weighted by Crippen LogP contribution is -2.29. The second-order valence-corrected chi connectivity index (χ2v) is 8.78. The molecule has 0 bridgehead atoms. The number of nitrogens with zero attached hydrogens (tertiary/aromatic N) is 2. The van der Waals surface area contributed by atoms with Crippen LogP contribution in [0.15, 0.2) is 60.8 Å². The second-order valence-electron chi connectivity index (χ2n) is 8.78. The monoisotopic (exact) mass is 499 g/mol. The number of aromatic amines is 1. The Bertz CT molecular complexity index is 1350. The van der Waals surface area contributed by atoms with Crippen molar-refractivity contribution in [3.63, 3.8) is 0 Å². The van der Waals surface area contributed by atoms with Crippen molar-refractivity contribution in [1.82, 2.24) is 25.6 Å². The zero-order chi connectivity index (χ0) is 26.0. The number of para-hydroxylation sites is 1. The maximum absolute atomic E-state index is 12.4. The van der Waals surface area contributed by atoms with E-state index in [0.717, 1.165) is 27.6 Å². The summed E-state index contributed by atoms with van der Waals surface area (Å²) in [5, 5.41) is 13.6. The molecule has 0 aliphatic rings. The number of carbonyl (C=O) groups excluding carboxylic acids is 2. The highest BCUT2D eigenvalue weighted by Gasteiger charge is 2.13. The molecule has 4 rings (SSSR count). The number of hydrogen-bond acceptors (Lipinski definition) is 6. The first-order valence-corrected chi connectivity index (χ1v) is 12.5. The predicted molar refractivity (Wildman–Crippen MR) is 147 cm³/mol. The fraction of sp³-hybridized carbons (Fsp3) is 0.286. The van der Waals surface area contributed by atoms with Crippen LogP contribution in [-0.4, -0.2) is 52.9 Å². The van der Waals surface area contributed by atoms with Crippen molar-refractivity contribution in [2.45, 2.75) is 26.7 Å². The number of hydrogen-bond donors (Lipinski definition) is 5. The number of anilines is 2. The van der Waals surface area contributed by atoms with E-state index in [-0.39, 0.29) is 11.8 Å². The fourth-order valence-electron chi connectivity index (χ4n) is 4.05. The third-order valence-corrected chi connectivity index (χ3v) is 6.01. The van der Waals surface area contributed by atoms with Gasteiger partial charge < -0.3 is 26.3 Å². The van der Waals surface area contributed by atoms with Crippen LogP contribution in [0.5, 0.6) is 0 Å². The van der Waals surface area contributed by atoms with Gasteiger partial charge in [0.25, 0.3) is 0 Å². The maximum Gasteiger partial charge on any atom is 0.220 e. The van der Waals surface area contributed by atoms with Crippen LogP contribution >= 0.6 is 0 Å². The number of aryl methyl sites for hydroxylation is 1. The number of benzene rings is 2. The van der Waals surface area contributed by atoms with Gasteiger partial charge in [0.05, 0.1) is 0 Å². The predicted octanol–water partition coefficient (Wildman–Crippen LogP) is 3.64. The third-order valence-electron chi connectivity index (χ3n) is 6.01. The van der Waals surface area contributed by atoms with Crippen molar-refractivity contribution >= 4 is 34.4 Å². The van der Waals surface area contributed by atoms with Crippen molar-refractivity contribution in [1.29, 1.82) is 0 Å². The topological polar surface area (TPSA) is 124 Å². The van der Waals surface area contributed by atoms with E-state index in [1.54, 1.807) is 0 Å². The molecule has 0 fully saturated rings. The molecule has 0 unspecified atom stereocenters. The number of aromatic nitrogens is 3. The lowest BCUT2D eigenvalue weighted by atomic mass is 10.1. The molecule has 2 heterocycles. The lowest BCUT2D eigenvalue weighted by Gasteiger charge is -2.16. The zero-order valence-electron chi connectivity index (χ0n) is 21.2. The summed E-state index contributed by atoms with van der Waals surface area (Å²) in [6, 6.07) is 17.9. The molecule has 192 valence electrons. The molecule has 0 spiro atoms. The van der Waals surface area contributed by atoms with Gasteiger partial charge in [-0.05, 0) is 25.0 Å². The van der Waals surface area contributed by atoms with Gasteiger partial charge in [0, 0.05) is 67.8 Å². The van der Waals surface area contributed by atoms with Crippen LogP contribution in [0.4, 0.5) is 11.6 Å². The molecule has 2 aromatic heterocycles. The number of carbonyl (C=O) groups is 2. The first-order valence-electron chi connectivity index (χ1n) is 12.5. The van der Waals surface area contributed by atoms with Crippen molar-refractivity contribution in [3.8, 4) is 11.4 Å². The molecule has 4 aromatic rings. The molecule has 2 aromatic carbocycles. The Balaban J connectivity index is 1.33. The molecule has 0 atom stereocenters. The van der Waals surface area contributed by atoms with Gasteiger partial charge in [-0.25, -0.2) is 9.97 Å². The normalized spacial score (nSPS) is 10.8. The average Bonchev–Trinajstić information content (AvgIpc) is 3.33. The summed E-state index contributed by atoms with van der Waals surface area (Å²) in [4.78, 5) is 36.3. The summed E-state index contributed by atoms with van der Waals surface area (Å²) in [6.45, 7) is 5.47. The van der Waals surface area contributed by atoms with Crippen LogP contribution in [0, 0.1) is 6.92 Å². The summed E-state index contributed by atoms with van der Waals surface area (Å²) < 4.78 is 0. The number of nitrogens with one attached hydrogen (secondary N) is 5. The molecular formula is C28H33N7O2. The minimum atomic E-state index is -0.0722. The summed E-state index contributed by atoms with van der Waals surface area (Å²) in [5.74, 6) is 1.93. The molecule has 0 aliphatic carbocycles. The first kappa shape index (κ1) is 25.7. The maximum atomic E-state index is 12.4. The van der Waals surface area contributed by atoms with Crippen LogP contribution < -0.4 is 21.3 Å². The Hall–Kier alpha value is -4.40. The molecule has 9 nitrogen and oxygen atoms in total. The van der Waals surface area contributed by atoms with Gasteiger partial charge in [0.15, 0.2) is 5.82 Å². The van der Waals surface area contributed by atoms with Crippen molar-refractivity contribution < 1.29 is 9.59 Å². The Labute approximate surface area is 216 Å². The van der Waals surface area contributed by atoms with Gasteiger partial charge in [0.1, 0.15) is 11.6 Å². The molecule has 0 aliphatic heterocycles. The smallest absolute Gasteiger partial charge is 0.220 e. The van der Waals surface area contributed by atoms with E-state index in [9.17, 15) is 9.59 Å². The highest BCUT2D eigenvalue weighted by atomic mass is 16.2. The molecule has 0 saturated carbocycles. The quantitative estimate of drug-likeness (QED) is 0.190. The Kier molecular flexibility index (Phi) is 8.70. The van der Waals surface area contributed by atoms with Gasteiger partial charge in [-0.15, -0.1) is 0 Å². The summed E-state index contributed by atoms with van der Waals surface area (Å²) in [7, 11) is 0. The van der Waals surface area contributed by atoms with Crippen LogP contribution in [-0.2, 0) is 16.0 Å². The van der Waals surface area contributed by atoms with Crippen molar-refractivity contribution in [3.05, 3.63) is 71.9 Å². The molecule has 5 N–H and O–H groups in total. The van der Waals surface area contributed by atoms with Crippen LogP contribution in [0.1, 0.15) is 24.5 Å². The van der Waals surface area contributed by atoms with E-state index in [1.807, 2.05) is 61.7 Å². The van der Waals surface area contributed by atoms with E-state index < -0.39 is 0 Å². The van der Waals surface area contributed by atoms with Crippen molar-refractivity contribution in [2.75, 3.05) is 36.8 Å². The molecule has 37 heavy (non-hydrogen) atoms. The molecule has 2 amide bonds. The van der Waals surface area contributed by atoms with Gasteiger partial charge in [-0.1, -0.05) is 48.5 Å². The largest absolute Gasteiger partial charge is 0.368 e. The lowest BCUT2D eigenvalue weighted by molar-refractivity contribution is -0.121. The highest BCUT2D eigenvalue weighted by Crippen LogP contribution is 2.25. The van der Waals surface area contributed by atoms with Crippen molar-refractivity contribution in [2.24, 2.45) is 0 Å². The Morgan fingerprint density at radius 1 is 0.838 bits per heavy atom. The highest BCUT2D eigenvalue weighted by molar-refractivity contribution is 5.84. The standard InChI is InChI=1S/C28H33N7O2/c1-19-26(31-16-14-29-20(2)36)34-28(21-8-4-3-5-9-21)35-27(19)32-17-15-30-25(37)13-12-22-18-33-24-11-7-6-10-23(22)24/h3-11,18,33H,12-17H2,1-2H3,(H,29,36)(H,30,37)(H2,31,32,34,35). The number of rotatable bonds is 12. The van der Waals surface area contributed by atoms with Crippen LogP contribution in [0.2, 0.25) is 0 Å². The van der Waals surface area contributed by atoms with E-state index in [1.165, 1.54) is 6.92 Å². The van der Waals surface area contributed by atoms with Gasteiger partial charge in [0.2, 0.25) is 11.8 Å². The SMILES string of the molecule is CC(=O)NCCNc1nc(-c2ccccc2)nc(NCCNC(=O)CCc2c[nH]c3ccccc23)c1C. The van der Waals surface area contributed by atoms with E-state index >= 15 is 0 Å². The Morgan fingerprint density at radius 3 is 2.19 bits per heavy atom. The minimum Gasteiger partial charge on any atom is -0.368 e. The molecule has 0 radical (unpaired) electrons. The van der Waals surface area contributed by atoms with Crippen LogP contribution in [0.3, 0.4) is 0 Å². The van der Waals surface area contributed by atoms with Gasteiger partial charge in [-0.2, -0.15) is 0 Å². The minimum absolute atomic E-state index is 0.0109. The second kappa shape index (κ2) is 12.5. The van der Waals surface area contributed by atoms with Gasteiger partial charge in [-0.3, -0.25) is 9.59 Å². The third kappa shape index (κ3) is 7.07. The number of H-pyrrole nitrogens is 1. The van der Waals surface area contributed by atoms with E-state index in [2.05, 4.69) is 32.3 Å². The summed E-state index contributed by atoms with van der Waals surface area (Å²) in [6.07, 6.45) is 3.08. The Morgan fingerprint density at radius 2 is 1.49 bits per heavy atom. The molecular weight excluding hydrogens is 466 g/mol. The zero-order valence-corrected chi connectivity index (χ0v) is 21.2. The van der Waals surface area contributed by atoms with E-state index in [0.29, 0.717) is 56.5 Å². The number of fused-ring (bicyclic) bond motifs is 1. The molecule has 9 heteroatoms.